The zero-order valence-corrected chi connectivity index (χ0v) is 11.6. The van der Waals surface area contributed by atoms with Crippen LogP contribution in [0.2, 0.25) is 0 Å². The highest BCUT2D eigenvalue weighted by Gasteiger charge is 2.14. The Kier molecular flexibility index (Phi) is 6.19. The van der Waals surface area contributed by atoms with Crippen molar-refractivity contribution >= 4 is 0 Å². The molecule has 0 fully saturated rings. The van der Waals surface area contributed by atoms with Crippen molar-refractivity contribution in [3.63, 3.8) is 0 Å². The van der Waals surface area contributed by atoms with E-state index in [1.54, 1.807) is 6.33 Å². The SMILES string of the molecule is CCCNC(Cc1ncnn1C)CC(C)CC. The van der Waals surface area contributed by atoms with Crippen molar-refractivity contribution in [1.29, 1.82) is 0 Å². The minimum absolute atomic E-state index is 0.521. The third-order valence-electron chi connectivity index (χ3n) is 3.30. The summed E-state index contributed by atoms with van der Waals surface area (Å²) in [6, 6.07) is 0.521. The molecule has 0 saturated carbocycles. The Balaban J connectivity index is 2.53. The van der Waals surface area contributed by atoms with Crippen molar-refractivity contribution in [2.24, 2.45) is 13.0 Å². The van der Waals surface area contributed by atoms with Gasteiger partial charge in [0.2, 0.25) is 0 Å². The van der Waals surface area contributed by atoms with Crippen LogP contribution in [-0.2, 0) is 13.5 Å². The molecular weight excluding hydrogens is 212 g/mol. The summed E-state index contributed by atoms with van der Waals surface area (Å²) in [5, 5.41) is 7.75. The van der Waals surface area contributed by atoms with Gasteiger partial charge in [0.15, 0.2) is 0 Å². The van der Waals surface area contributed by atoms with Crippen molar-refractivity contribution < 1.29 is 0 Å². The van der Waals surface area contributed by atoms with Gasteiger partial charge in [0.1, 0.15) is 12.2 Å². The second kappa shape index (κ2) is 7.43. The number of aryl methyl sites for hydroxylation is 1. The molecule has 0 radical (unpaired) electrons. The lowest BCUT2D eigenvalue weighted by atomic mass is 9.97. The summed E-state index contributed by atoms with van der Waals surface area (Å²) < 4.78 is 1.87. The molecule has 17 heavy (non-hydrogen) atoms. The molecule has 4 heteroatoms. The van der Waals surface area contributed by atoms with E-state index in [0.29, 0.717) is 6.04 Å². The average molecular weight is 238 g/mol. The molecular formula is C13H26N4. The monoisotopic (exact) mass is 238 g/mol. The number of hydrogen-bond acceptors (Lipinski definition) is 3. The van der Waals surface area contributed by atoms with Crippen LogP contribution >= 0.6 is 0 Å². The first-order valence-electron chi connectivity index (χ1n) is 6.73. The molecule has 98 valence electrons. The molecule has 1 aromatic heterocycles. The Morgan fingerprint density at radius 2 is 2.18 bits per heavy atom. The third-order valence-corrected chi connectivity index (χ3v) is 3.30. The number of nitrogens with zero attached hydrogens (tertiary/aromatic N) is 3. The summed E-state index contributed by atoms with van der Waals surface area (Å²) in [7, 11) is 1.96. The van der Waals surface area contributed by atoms with E-state index < -0.39 is 0 Å². The summed E-state index contributed by atoms with van der Waals surface area (Å²) in [5.74, 6) is 1.83. The third kappa shape index (κ3) is 4.86. The minimum atomic E-state index is 0.521. The van der Waals surface area contributed by atoms with Crippen molar-refractivity contribution in [3.8, 4) is 0 Å². The Labute approximate surface area is 105 Å². The second-order valence-electron chi connectivity index (χ2n) is 4.90. The normalized spacial score (nSPS) is 14.8. The molecule has 4 nitrogen and oxygen atoms in total. The standard InChI is InChI=1S/C13H26N4/c1-5-7-14-12(8-11(3)6-2)9-13-15-10-16-17(13)4/h10-12,14H,5-9H2,1-4H3. The topological polar surface area (TPSA) is 42.7 Å². The Morgan fingerprint density at radius 1 is 1.41 bits per heavy atom. The molecule has 0 amide bonds. The molecule has 1 aromatic rings. The van der Waals surface area contributed by atoms with Crippen molar-refractivity contribution in [2.45, 2.75) is 52.5 Å². The number of aromatic nitrogens is 3. The molecule has 1 N–H and O–H groups in total. The maximum Gasteiger partial charge on any atom is 0.138 e. The highest BCUT2D eigenvalue weighted by Crippen LogP contribution is 2.12. The summed E-state index contributed by atoms with van der Waals surface area (Å²) in [6.07, 6.45) is 6.23. The first-order valence-corrected chi connectivity index (χ1v) is 6.73. The molecule has 0 aliphatic carbocycles. The van der Waals surface area contributed by atoms with Gasteiger partial charge < -0.3 is 5.32 Å². The average Bonchev–Trinajstić information content (AvgIpc) is 2.71. The molecule has 1 heterocycles. The maximum atomic E-state index is 4.31. The first-order chi connectivity index (χ1) is 8.17. The van der Waals surface area contributed by atoms with E-state index in [1.165, 1.54) is 19.3 Å². The smallest absolute Gasteiger partial charge is 0.138 e. The minimum Gasteiger partial charge on any atom is -0.314 e. The van der Waals surface area contributed by atoms with Crippen LogP contribution in [0, 0.1) is 5.92 Å². The van der Waals surface area contributed by atoms with Crippen LogP contribution < -0.4 is 5.32 Å². The zero-order chi connectivity index (χ0) is 12.7. The first kappa shape index (κ1) is 14.2. The van der Waals surface area contributed by atoms with E-state index in [1.807, 2.05) is 11.7 Å². The van der Waals surface area contributed by atoms with Gasteiger partial charge in [-0.1, -0.05) is 27.2 Å². The van der Waals surface area contributed by atoms with Crippen molar-refractivity contribution in [3.05, 3.63) is 12.2 Å². The van der Waals surface area contributed by atoms with Crippen LogP contribution in [0.1, 0.15) is 45.9 Å². The van der Waals surface area contributed by atoms with Gasteiger partial charge in [-0.3, -0.25) is 4.68 Å². The predicted octanol–water partition coefficient (Wildman–Crippen LogP) is 2.16. The Morgan fingerprint density at radius 3 is 2.71 bits per heavy atom. The van der Waals surface area contributed by atoms with Gasteiger partial charge in [-0.05, 0) is 25.3 Å². The molecule has 2 atom stereocenters. The van der Waals surface area contributed by atoms with Crippen LogP contribution in [0.5, 0.6) is 0 Å². The van der Waals surface area contributed by atoms with E-state index in [4.69, 9.17) is 0 Å². The summed E-state index contributed by atoms with van der Waals surface area (Å²) in [6.45, 7) is 7.86. The quantitative estimate of drug-likeness (QED) is 0.754. The summed E-state index contributed by atoms with van der Waals surface area (Å²) >= 11 is 0. The Hall–Kier alpha value is -0.900. The van der Waals surface area contributed by atoms with Crippen molar-refractivity contribution in [2.75, 3.05) is 6.54 Å². The van der Waals surface area contributed by atoms with Crippen LogP contribution in [0.3, 0.4) is 0 Å². The van der Waals surface area contributed by atoms with Gasteiger partial charge in [0, 0.05) is 19.5 Å². The van der Waals surface area contributed by atoms with E-state index in [2.05, 4.69) is 36.2 Å². The molecule has 0 bridgehead atoms. The van der Waals surface area contributed by atoms with Gasteiger partial charge in [0.25, 0.3) is 0 Å². The van der Waals surface area contributed by atoms with Crippen LogP contribution in [0.4, 0.5) is 0 Å². The fourth-order valence-corrected chi connectivity index (χ4v) is 1.96. The van der Waals surface area contributed by atoms with E-state index in [9.17, 15) is 0 Å². The fourth-order valence-electron chi connectivity index (χ4n) is 1.96. The lowest BCUT2D eigenvalue weighted by molar-refractivity contribution is 0.383. The zero-order valence-electron chi connectivity index (χ0n) is 11.6. The number of nitrogens with one attached hydrogen (secondary N) is 1. The van der Waals surface area contributed by atoms with Crippen LogP contribution in [0.25, 0.3) is 0 Å². The Bertz CT molecular complexity index is 308. The molecule has 0 saturated heterocycles. The van der Waals surface area contributed by atoms with Gasteiger partial charge >= 0.3 is 0 Å². The van der Waals surface area contributed by atoms with Gasteiger partial charge in [0.05, 0.1) is 0 Å². The maximum absolute atomic E-state index is 4.31. The highest BCUT2D eigenvalue weighted by atomic mass is 15.3. The molecule has 0 aliphatic rings. The largest absolute Gasteiger partial charge is 0.314 e. The van der Waals surface area contributed by atoms with Crippen LogP contribution in [-0.4, -0.2) is 27.4 Å². The van der Waals surface area contributed by atoms with Gasteiger partial charge in [-0.25, -0.2) is 4.98 Å². The molecule has 2 unspecified atom stereocenters. The highest BCUT2D eigenvalue weighted by molar-refractivity contribution is 4.89. The number of hydrogen-bond donors (Lipinski definition) is 1. The van der Waals surface area contributed by atoms with Crippen LogP contribution in [0.15, 0.2) is 6.33 Å². The second-order valence-corrected chi connectivity index (χ2v) is 4.90. The summed E-state index contributed by atoms with van der Waals surface area (Å²) in [4.78, 5) is 4.31. The van der Waals surface area contributed by atoms with E-state index in [-0.39, 0.29) is 0 Å². The molecule has 0 aromatic carbocycles. The molecule has 0 aliphatic heterocycles. The fraction of sp³-hybridized carbons (Fsp3) is 0.846. The summed E-state index contributed by atoms with van der Waals surface area (Å²) in [5.41, 5.74) is 0. The van der Waals surface area contributed by atoms with E-state index >= 15 is 0 Å². The van der Waals surface area contributed by atoms with Crippen molar-refractivity contribution in [1.82, 2.24) is 20.1 Å². The van der Waals surface area contributed by atoms with Gasteiger partial charge in [-0.15, -0.1) is 0 Å². The van der Waals surface area contributed by atoms with E-state index in [0.717, 1.165) is 24.7 Å². The number of rotatable bonds is 8. The molecule has 1 rings (SSSR count). The molecule has 0 spiro atoms. The predicted molar refractivity (Wildman–Crippen MR) is 70.9 cm³/mol. The van der Waals surface area contributed by atoms with Gasteiger partial charge in [-0.2, -0.15) is 5.10 Å². The lowest BCUT2D eigenvalue weighted by Gasteiger charge is -2.21. The lowest BCUT2D eigenvalue weighted by Crippen LogP contribution is -2.34.